The second-order valence-corrected chi connectivity index (χ2v) is 4.48. The summed E-state index contributed by atoms with van der Waals surface area (Å²) in [5.74, 6) is 2.07. The van der Waals surface area contributed by atoms with Crippen LogP contribution in [0.2, 0.25) is 6.04 Å². The molecule has 0 N–H and O–H groups in total. The first-order chi connectivity index (χ1) is 4.83. The third-order valence-corrected chi connectivity index (χ3v) is 4.19. The van der Waals surface area contributed by atoms with Gasteiger partial charge in [-0.2, -0.15) is 0 Å². The average molecular weight is 152 g/mol. The number of rotatable bonds is 1. The van der Waals surface area contributed by atoms with E-state index in [1.54, 1.807) is 5.57 Å². The first kappa shape index (κ1) is 6.65. The maximum Gasteiger partial charge on any atom is 0.00793 e. The van der Waals surface area contributed by atoms with Crippen molar-refractivity contribution < 1.29 is 0 Å². The summed E-state index contributed by atoms with van der Waals surface area (Å²) in [6.07, 6.45) is 4.53. The maximum atomic E-state index is 2.37. The van der Waals surface area contributed by atoms with Gasteiger partial charge in [0.15, 0.2) is 0 Å². The highest BCUT2D eigenvalue weighted by molar-refractivity contribution is 6.10. The summed E-state index contributed by atoms with van der Waals surface area (Å²) < 4.78 is 0. The Labute approximate surface area is 66.1 Å². The predicted octanol–water partition coefficient (Wildman–Crippen LogP) is 1.52. The van der Waals surface area contributed by atoms with Gasteiger partial charge in [-0.3, -0.25) is 0 Å². The molecule has 0 spiro atoms. The van der Waals surface area contributed by atoms with E-state index in [4.69, 9.17) is 0 Å². The van der Waals surface area contributed by atoms with Crippen LogP contribution in [0.4, 0.5) is 0 Å². The number of hydrogen-bond donors (Lipinski definition) is 0. The highest BCUT2D eigenvalue weighted by atomic mass is 28.1. The molecule has 2 bridgehead atoms. The zero-order chi connectivity index (χ0) is 7.14. The quantitative estimate of drug-likeness (QED) is 0.395. The van der Waals surface area contributed by atoms with Crippen LogP contribution in [-0.4, -0.2) is 10.2 Å². The Morgan fingerprint density at radius 2 is 2.10 bits per heavy atom. The molecule has 0 heterocycles. The fraction of sp³-hybridized carbons (Fsp3) is 0.778. The molecule has 2 aliphatic carbocycles. The monoisotopic (exact) mass is 152 g/mol. The summed E-state index contributed by atoms with van der Waals surface area (Å²) >= 11 is 0. The zero-order valence-electron chi connectivity index (χ0n) is 6.98. The molecule has 2 atom stereocenters. The van der Waals surface area contributed by atoms with Crippen LogP contribution in [0.15, 0.2) is 11.1 Å². The van der Waals surface area contributed by atoms with Crippen molar-refractivity contribution in [2.24, 2.45) is 11.8 Å². The van der Waals surface area contributed by atoms with Gasteiger partial charge >= 0.3 is 0 Å². The van der Waals surface area contributed by atoms with Gasteiger partial charge in [0.1, 0.15) is 0 Å². The van der Waals surface area contributed by atoms with E-state index in [1.165, 1.54) is 35.5 Å². The second-order valence-electron chi connectivity index (χ2n) is 3.77. The van der Waals surface area contributed by atoms with Crippen LogP contribution in [0, 0.1) is 11.8 Å². The topological polar surface area (TPSA) is 0 Å². The molecule has 2 unspecified atom stereocenters. The fourth-order valence-electron chi connectivity index (χ4n) is 2.84. The summed E-state index contributed by atoms with van der Waals surface area (Å²) in [5.41, 5.74) is 3.65. The lowest BCUT2D eigenvalue weighted by molar-refractivity contribution is 0.648. The van der Waals surface area contributed by atoms with Crippen molar-refractivity contribution in [3.8, 4) is 0 Å². The minimum atomic E-state index is 1.02. The lowest BCUT2D eigenvalue weighted by Gasteiger charge is -2.15. The molecule has 1 saturated carbocycles. The van der Waals surface area contributed by atoms with Gasteiger partial charge in [-0.15, -0.1) is 0 Å². The van der Waals surface area contributed by atoms with Gasteiger partial charge in [0.25, 0.3) is 0 Å². The van der Waals surface area contributed by atoms with Gasteiger partial charge in [0.2, 0.25) is 0 Å². The molecule has 2 rings (SSSR count). The normalized spacial score (nSPS) is 38.1. The Bertz CT molecular complexity index is 181. The van der Waals surface area contributed by atoms with Gasteiger partial charge in [-0.05, 0) is 44.1 Å². The van der Waals surface area contributed by atoms with E-state index in [9.17, 15) is 0 Å². The van der Waals surface area contributed by atoms with Crippen LogP contribution >= 0.6 is 0 Å². The smallest absolute Gasteiger partial charge is 0.00793 e. The van der Waals surface area contributed by atoms with Crippen molar-refractivity contribution in [1.29, 1.82) is 0 Å². The van der Waals surface area contributed by atoms with Crippen molar-refractivity contribution in [1.82, 2.24) is 0 Å². The molecular formula is C9H16Si. The fourth-order valence-corrected chi connectivity index (χ4v) is 3.98. The minimum absolute atomic E-state index is 1.02. The Morgan fingerprint density at radius 3 is 2.50 bits per heavy atom. The summed E-state index contributed by atoms with van der Waals surface area (Å²) in [4.78, 5) is 0. The van der Waals surface area contributed by atoms with Gasteiger partial charge < -0.3 is 0 Å². The van der Waals surface area contributed by atoms with E-state index < -0.39 is 0 Å². The first-order valence-electron chi connectivity index (χ1n) is 4.52. The molecule has 10 heavy (non-hydrogen) atoms. The molecule has 1 heteroatoms. The third kappa shape index (κ3) is 0.731. The highest BCUT2D eigenvalue weighted by Gasteiger charge is 2.35. The van der Waals surface area contributed by atoms with E-state index in [0.717, 1.165) is 11.8 Å². The van der Waals surface area contributed by atoms with Gasteiger partial charge in [-0.1, -0.05) is 11.1 Å². The van der Waals surface area contributed by atoms with Crippen LogP contribution in [0.3, 0.4) is 0 Å². The predicted molar refractivity (Wildman–Crippen MR) is 48.3 cm³/mol. The van der Waals surface area contributed by atoms with Crippen molar-refractivity contribution in [3.63, 3.8) is 0 Å². The zero-order valence-corrected chi connectivity index (χ0v) is 8.98. The largest absolute Gasteiger partial charge is 0.0714 e. The van der Waals surface area contributed by atoms with Gasteiger partial charge in [0, 0.05) is 10.2 Å². The van der Waals surface area contributed by atoms with Crippen LogP contribution in [0.1, 0.15) is 26.2 Å². The Balaban J connectivity index is 2.29. The molecule has 0 aromatic rings. The highest BCUT2D eigenvalue weighted by Crippen LogP contribution is 2.49. The van der Waals surface area contributed by atoms with E-state index in [-0.39, 0.29) is 0 Å². The van der Waals surface area contributed by atoms with Crippen molar-refractivity contribution in [2.45, 2.75) is 32.2 Å². The van der Waals surface area contributed by atoms with Crippen LogP contribution in [0.5, 0.6) is 0 Å². The summed E-state index contributed by atoms with van der Waals surface area (Å²) in [7, 11) is 1.38. The molecular weight excluding hydrogens is 136 g/mol. The molecule has 0 aliphatic heterocycles. The Morgan fingerprint density at radius 1 is 1.40 bits per heavy atom. The second kappa shape index (κ2) is 2.23. The average Bonchev–Trinajstić information content (AvgIpc) is 2.46. The molecule has 1 fully saturated rings. The summed E-state index contributed by atoms with van der Waals surface area (Å²) in [6.45, 7) is 2.37. The van der Waals surface area contributed by atoms with Crippen LogP contribution in [0.25, 0.3) is 0 Å². The van der Waals surface area contributed by atoms with Crippen molar-refractivity contribution in [3.05, 3.63) is 11.1 Å². The number of allylic oxidation sites excluding steroid dienone is 2. The Kier molecular flexibility index (Phi) is 1.48. The standard InChI is InChI=1S/C9H16Si/c1-6-7-2-3-8(4-7)9(6)5-10/h7-8H,2-5H2,1,10H3. The molecule has 0 aromatic carbocycles. The molecule has 0 saturated heterocycles. The van der Waals surface area contributed by atoms with E-state index in [1.807, 2.05) is 5.57 Å². The van der Waals surface area contributed by atoms with Crippen LogP contribution < -0.4 is 0 Å². The van der Waals surface area contributed by atoms with E-state index in [2.05, 4.69) is 6.92 Å². The van der Waals surface area contributed by atoms with Gasteiger partial charge in [0.05, 0.1) is 0 Å². The van der Waals surface area contributed by atoms with E-state index >= 15 is 0 Å². The molecule has 0 aromatic heterocycles. The number of fused-ring (bicyclic) bond motifs is 2. The van der Waals surface area contributed by atoms with E-state index in [0.29, 0.717) is 0 Å². The summed E-state index contributed by atoms with van der Waals surface area (Å²) in [5, 5.41) is 0. The summed E-state index contributed by atoms with van der Waals surface area (Å²) in [6, 6.07) is 1.45. The molecule has 0 nitrogen and oxygen atoms in total. The van der Waals surface area contributed by atoms with Crippen LogP contribution in [-0.2, 0) is 0 Å². The molecule has 0 amide bonds. The molecule has 2 aliphatic rings. The first-order valence-corrected chi connectivity index (χ1v) is 5.94. The number of hydrogen-bond acceptors (Lipinski definition) is 0. The third-order valence-electron chi connectivity index (χ3n) is 3.43. The lowest BCUT2D eigenvalue weighted by atomic mass is 9.94. The van der Waals surface area contributed by atoms with Crippen molar-refractivity contribution in [2.75, 3.05) is 0 Å². The van der Waals surface area contributed by atoms with Crippen molar-refractivity contribution >= 4 is 10.2 Å². The molecule has 0 radical (unpaired) electrons. The van der Waals surface area contributed by atoms with Gasteiger partial charge in [-0.25, -0.2) is 0 Å². The maximum absolute atomic E-state index is 2.37. The molecule has 56 valence electrons. The SMILES string of the molecule is CC1=C(C[SiH3])C2CCC1C2. The lowest BCUT2D eigenvalue weighted by Crippen LogP contribution is -2.00. The minimum Gasteiger partial charge on any atom is -0.0714 e. The Hall–Kier alpha value is -0.0431.